The lowest BCUT2D eigenvalue weighted by molar-refractivity contribution is -0.132. The number of hydrogen-bond donors (Lipinski definition) is 2. The van der Waals surface area contributed by atoms with Crippen LogP contribution in [0, 0.1) is 22.2 Å². The van der Waals surface area contributed by atoms with Gasteiger partial charge in [0.15, 0.2) is 5.96 Å². The Morgan fingerprint density at radius 1 is 1.13 bits per heavy atom. The normalized spacial score (nSPS) is 23.6. The van der Waals surface area contributed by atoms with Crippen LogP contribution in [0.5, 0.6) is 0 Å². The molecule has 154 valence electrons. The smallest absolute Gasteiger partial charge is 0.229 e. The van der Waals surface area contributed by atoms with Gasteiger partial charge in [0.05, 0.1) is 17.2 Å². The minimum atomic E-state index is -0.614. The van der Waals surface area contributed by atoms with Crippen molar-refractivity contribution in [2.24, 2.45) is 5.41 Å². The summed E-state index contributed by atoms with van der Waals surface area (Å²) in [6.07, 6.45) is 1.86. The number of carbonyl (C=O) groups is 1. The maximum Gasteiger partial charge on any atom is 0.229 e. The van der Waals surface area contributed by atoms with Crippen LogP contribution in [-0.2, 0) is 15.1 Å². The summed E-state index contributed by atoms with van der Waals surface area (Å²) in [6, 6.07) is 18.0. The second kappa shape index (κ2) is 7.58. The SMILES string of the molecule is CN1C(=N)NC(C)(c2cccc(-c3cccc(C#N)c3)c2)C2(CCOCC2)CC1=O. The summed E-state index contributed by atoms with van der Waals surface area (Å²) in [5.41, 5.74) is 2.65. The number of nitrogens with zero attached hydrogens (tertiary/aromatic N) is 2. The van der Waals surface area contributed by atoms with E-state index in [2.05, 4.69) is 30.4 Å². The average Bonchev–Trinajstić information content (AvgIpc) is 2.84. The molecule has 2 N–H and O–H groups in total. The third-order valence-electron chi connectivity index (χ3n) is 6.84. The van der Waals surface area contributed by atoms with Gasteiger partial charge in [0.1, 0.15) is 0 Å². The number of rotatable bonds is 2. The van der Waals surface area contributed by atoms with Gasteiger partial charge < -0.3 is 10.1 Å². The molecule has 30 heavy (non-hydrogen) atoms. The highest BCUT2D eigenvalue weighted by Crippen LogP contribution is 2.51. The third kappa shape index (κ3) is 3.25. The van der Waals surface area contributed by atoms with Crippen LogP contribution in [0.1, 0.15) is 37.3 Å². The maximum absolute atomic E-state index is 12.8. The number of nitriles is 1. The molecule has 4 rings (SSSR count). The quantitative estimate of drug-likeness (QED) is 0.803. The average molecular weight is 402 g/mol. The summed E-state index contributed by atoms with van der Waals surface area (Å²) < 4.78 is 5.64. The molecule has 6 nitrogen and oxygen atoms in total. The predicted octanol–water partition coefficient (Wildman–Crippen LogP) is 3.62. The van der Waals surface area contributed by atoms with E-state index >= 15 is 0 Å². The zero-order valence-corrected chi connectivity index (χ0v) is 17.4. The fourth-order valence-electron chi connectivity index (χ4n) is 4.76. The van der Waals surface area contributed by atoms with Crippen molar-refractivity contribution in [1.29, 1.82) is 10.7 Å². The van der Waals surface area contributed by atoms with Crippen molar-refractivity contribution in [2.75, 3.05) is 20.3 Å². The third-order valence-corrected chi connectivity index (χ3v) is 6.84. The number of guanidine groups is 1. The highest BCUT2D eigenvalue weighted by molar-refractivity contribution is 5.97. The number of benzene rings is 2. The van der Waals surface area contributed by atoms with Crippen molar-refractivity contribution in [2.45, 2.75) is 31.7 Å². The van der Waals surface area contributed by atoms with E-state index in [0.717, 1.165) is 29.5 Å². The van der Waals surface area contributed by atoms with E-state index < -0.39 is 5.54 Å². The Labute approximate surface area is 177 Å². The van der Waals surface area contributed by atoms with Gasteiger partial charge in [-0.3, -0.25) is 15.1 Å². The second-order valence-corrected chi connectivity index (χ2v) is 8.39. The molecule has 1 amide bonds. The molecule has 0 aliphatic carbocycles. The van der Waals surface area contributed by atoms with Crippen LogP contribution in [0.3, 0.4) is 0 Å². The Hall–Kier alpha value is -3.17. The minimum absolute atomic E-state index is 0.0454. The molecule has 2 saturated heterocycles. The monoisotopic (exact) mass is 402 g/mol. The number of nitrogens with one attached hydrogen (secondary N) is 2. The molecule has 0 bridgehead atoms. The molecule has 2 aromatic rings. The largest absolute Gasteiger partial charge is 0.381 e. The summed E-state index contributed by atoms with van der Waals surface area (Å²) >= 11 is 0. The van der Waals surface area contributed by atoms with E-state index in [0.29, 0.717) is 25.2 Å². The zero-order valence-electron chi connectivity index (χ0n) is 17.4. The van der Waals surface area contributed by atoms with E-state index in [1.54, 1.807) is 13.1 Å². The summed E-state index contributed by atoms with van der Waals surface area (Å²) in [5, 5.41) is 21.1. The molecule has 1 atom stereocenters. The molecule has 0 aromatic heterocycles. The van der Waals surface area contributed by atoms with Crippen LogP contribution in [0.2, 0.25) is 0 Å². The van der Waals surface area contributed by atoms with E-state index in [1.165, 1.54) is 4.90 Å². The van der Waals surface area contributed by atoms with Gasteiger partial charge in [0.2, 0.25) is 5.91 Å². The number of hydrogen-bond acceptors (Lipinski definition) is 4. The molecule has 0 saturated carbocycles. The highest BCUT2D eigenvalue weighted by Gasteiger charge is 2.54. The zero-order chi connectivity index (χ0) is 21.4. The Balaban J connectivity index is 1.84. The molecule has 0 radical (unpaired) electrons. The van der Waals surface area contributed by atoms with Gasteiger partial charge in [-0.2, -0.15) is 5.26 Å². The molecule has 2 aromatic carbocycles. The van der Waals surface area contributed by atoms with Crippen molar-refractivity contribution < 1.29 is 9.53 Å². The van der Waals surface area contributed by atoms with Crippen LogP contribution < -0.4 is 5.32 Å². The van der Waals surface area contributed by atoms with Crippen molar-refractivity contribution in [3.63, 3.8) is 0 Å². The van der Waals surface area contributed by atoms with Crippen LogP contribution >= 0.6 is 0 Å². The summed E-state index contributed by atoms with van der Waals surface area (Å²) in [7, 11) is 1.65. The molecular formula is C24H26N4O2. The van der Waals surface area contributed by atoms with Gasteiger partial charge >= 0.3 is 0 Å². The van der Waals surface area contributed by atoms with Crippen molar-refractivity contribution in [3.8, 4) is 17.2 Å². The number of amides is 1. The van der Waals surface area contributed by atoms with Gasteiger partial charge in [0, 0.05) is 32.1 Å². The Bertz CT molecular complexity index is 1040. The highest BCUT2D eigenvalue weighted by atomic mass is 16.5. The van der Waals surface area contributed by atoms with Crippen LogP contribution in [-0.4, -0.2) is 37.0 Å². The Morgan fingerprint density at radius 3 is 2.50 bits per heavy atom. The first-order valence-corrected chi connectivity index (χ1v) is 10.2. The topological polar surface area (TPSA) is 89.2 Å². The lowest BCUT2D eigenvalue weighted by Crippen LogP contribution is -2.57. The summed E-state index contributed by atoms with van der Waals surface area (Å²) in [6.45, 7) is 3.31. The first-order valence-electron chi connectivity index (χ1n) is 10.2. The van der Waals surface area contributed by atoms with E-state index in [9.17, 15) is 10.1 Å². The number of carbonyl (C=O) groups excluding carboxylic acids is 1. The molecule has 1 unspecified atom stereocenters. The first-order chi connectivity index (χ1) is 14.4. The fraction of sp³-hybridized carbons (Fsp3) is 0.375. The van der Waals surface area contributed by atoms with Crippen molar-refractivity contribution in [3.05, 3.63) is 59.7 Å². The molecule has 1 spiro atoms. The maximum atomic E-state index is 12.8. The molecule has 2 heterocycles. The van der Waals surface area contributed by atoms with Gasteiger partial charge in [0.25, 0.3) is 0 Å². The molecule has 2 fully saturated rings. The van der Waals surface area contributed by atoms with Crippen LogP contribution in [0.4, 0.5) is 0 Å². The number of ether oxygens (including phenoxy) is 1. The van der Waals surface area contributed by atoms with Crippen molar-refractivity contribution >= 4 is 11.9 Å². The summed E-state index contributed by atoms with van der Waals surface area (Å²) in [5.74, 6) is 0.0683. The van der Waals surface area contributed by atoms with Crippen LogP contribution in [0.15, 0.2) is 48.5 Å². The predicted molar refractivity (Wildman–Crippen MR) is 115 cm³/mol. The van der Waals surface area contributed by atoms with Gasteiger partial charge in [-0.25, -0.2) is 0 Å². The minimum Gasteiger partial charge on any atom is -0.381 e. The fourth-order valence-corrected chi connectivity index (χ4v) is 4.76. The first kappa shape index (κ1) is 20.1. The molecule has 2 aliphatic heterocycles. The molecule has 6 heteroatoms. The molecular weight excluding hydrogens is 376 g/mol. The van der Waals surface area contributed by atoms with E-state index in [-0.39, 0.29) is 17.3 Å². The van der Waals surface area contributed by atoms with E-state index in [4.69, 9.17) is 10.1 Å². The Morgan fingerprint density at radius 2 is 1.80 bits per heavy atom. The lowest BCUT2D eigenvalue weighted by atomic mass is 9.61. The van der Waals surface area contributed by atoms with Gasteiger partial charge in [-0.05, 0) is 54.7 Å². The van der Waals surface area contributed by atoms with Gasteiger partial charge in [-0.1, -0.05) is 30.3 Å². The lowest BCUT2D eigenvalue weighted by Gasteiger charge is -2.50. The second-order valence-electron chi connectivity index (χ2n) is 8.39. The Kier molecular flexibility index (Phi) is 5.08. The van der Waals surface area contributed by atoms with Gasteiger partial charge in [-0.15, -0.1) is 0 Å². The molecule has 2 aliphatic rings. The van der Waals surface area contributed by atoms with Crippen LogP contribution in [0.25, 0.3) is 11.1 Å². The van der Waals surface area contributed by atoms with E-state index in [1.807, 2.05) is 30.3 Å². The van der Waals surface area contributed by atoms with Crippen molar-refractivity contribution in [1.82, 2.24) is 10.2 Å². The summed E-state index contributed by atoms with van der Waals surface area (Å²) in [4.78, 5) is 14.3. The standard InChI is InChI=1S/C24H26N4O2/c1-23(20-8-4-7-19(14-20)18-6-3-5-17(13-18)16-25)24(9-11-30-12-10-24)15-21(29)28(2)22(26)27-23/h3-8,13-14H,9-12,15H2,1-2H3,(H2,26,27).